The van der Waals surface area contributed by atoms with E-state index in [0.717, 1.165) is 10.0 Å². The molecule has 0 aliphatic carbocycles. The zero-order chi connectivity index (χ0) is 16.6. The van der Waals surface area contributed by atoms with Crippen LogP contribution in [0.25, 0.3) is 0 Å². The van der Waals surface area contributed by atoms with Gasteiger partial charge in [0.25, 0.3) is 5.91 Å². The molecular formula is C17H14BrClN2O2. The maximum Gasteiger partial charge on any atom is 0.332 e. The van der Waals surface area contributed by atoms with E-state index in [-0.39, 0.29) is 18.5 Å². The van der Waals surface area contributed by atoms with Crippen LogP contribution in [0.3, 0.4) is 0 Å². The summed E-state index contributed by atoms with van der Waals surface area (Å²) in [5.74, 6) is -0.201. The number of hydrogen-bond donors (Lipinski definition) is 0. The van der Waals surface area contributed by atoms with E-state index in [9.17, 15) is 9.59 Å². The number of carbonyl (C=O) groups excluding carboxylic acids is 2. The number of amides is 3. The third kappa shape index (κ3) is 3.12. The Morgan fingerprint density at radius 1 is 1.04 bits per heavy atom. The van der Waals surface area contributed by atoms with Crippen molar-refractivity contribution in [1.82, 2.24) is 4.90 Å². The normalized spacial score (nSPS) is 18.0. The van der Waals surface area contributed by atoms with E-state index in [2.05, 4.69) is 15.9 Å². The van der Waals surface area contributed by atoms with Gasteiger partial charge in [-0.1, -0.05) is 39.7 Å². The van der Waals surface area contributed by atoms with E-state index < -0.39 is 6.04 Å². The Labute approximate surface area is 147 Å². The Hall–Kier alpha value is -1.85. The minimum atomic E-state index is -0.529. The second-order valence-electron chi connectivity index (χ2n) is 5.36. The molecule has 118 valence electrons. The van der Waals surface area contributed by atoms with Gasteiger partial charge in [-0.2, -0.15) is 0 Å². The van der Waals surface area contributed by atoms with Crippen LogP contribution in [-0.2, 0) is 11.3 Å². The van der Waals surface area contributed by atoms with Crippen molar-refractivity contribution < 1.29 is 9.59 Å². The number of anilines is 1. The summed E-state index contributed by atoms with van der Waals surface area (Å²) < 4.78 is 0.955. The molecule has 0 spiro atoms. The predicted molar refractivity (Wildman–Crippen MR) is 93.5 cm³/mol. The van der Waals surface area contributed by atoms with Gasteiger partial charge in [0.15, 0.2) is 0 Å². The van der Waals surface area contributed by atoms with Gasteiger partial charge in [-0.3, -0.25) is 14.6 Å². The molecule has 0 aromatic heterocycles. The van der Waals surface area contributed by atoms with Crippen molar-refractivity contribution in [2.24, 2.45) is 0 Å². The van der Waals surface area contributed by atoms with Gasteiger partial charge in [-0.25, -0.2) is 4.79 Å². The van der Waals surface area contributed by atoms with Gasteiger partial charge in [-0.05, 0) is 48.9 Å². The monoisotopic (exact) mass is 392 g/mol. The average Bonchev–Trinajstić information content (AvgIpc) is 2.74. The predicted octanol–water partition coefficient (Wildman–Crippen LogP) is 4.46. The van der Waals surface area contributed by atoms with Crippen molar-refractivity contribution in [2.45, 2.75) is 19.5 Å². The molecule has 1 fully saturated rings. The number of benzene rings is 2. The van der Waals surface area contributed by atoms with Crippen LogP contribution in [0.15, 0.2) is 53.0 Å². The lowest BCUT2D eigenvalue weighted by Crippen LogP contribution is -2.33. The molecule has 1 aliphatic heterocycles. The molecule has 0 saturated carbocycles. The molecule has 0 N–H and O–H groups in total. The van der Waals surface area contributed by atoms with Crippen LogP contribution in [0.1, 0.15) is 12.5 Å². The average molecular weight is 394 g/mol. The fraction of sp³-hybridized carbons (Fsp3) is 0.176. The summed E-state index contributed by atoms with van der Waals surface area (Å²) in [6.07, 6.45) is 0. The van der Waals surface area contributed by atoms with Crippen LogP contribution in [0.5, 0.6) is 0 Å². The number of imide groups is 1. The summed E-state index contributed by atoms with van der Waals surface area (Å²) >= 11 is 9.25. The molecule has 6 heteroatoms. The Balaban J connectivity index is 1.85. The van der Waals surface area contributed by atoms with Crippen molar-refractivity contribution in [3.63, 3.8) is 0 Å². The molecule has 3 amide bonds. The van der Waals surface area contributed by atoms with Crippen LogP contribution in [-0.4, -0.2) is 22.9 Å². The maximum absolute atomic E-state index is 12.7. The summed E-state index contributed by atoms with van der Waals surface area (Å²) in [7, 11) is 0. The van der Waals surface area contributed by atoms with Crippen LogP contribution < -0.4 is 4.90 Å². The van der Waals surface area contributed by atoms with Gasteiger partial charge < -0.3 is 0 Å². The molecule has 1 atom stereocenters. The lowest BCUT2D eigenvalue weighted by atomic mass is 10.2. The van der Waals surface area contributed by atoms with Gasteiger partial charge in [0.05, 0.1) is 6.54 Å². The SMILES string of the molecule is CC1C(=O)N(Cc2ccc(Br)cc2)C(=O)N1c1ccc(Cl)cc1. The first-order valence-corrected chi connectivity index (χ1v) is 8.29. The first-order valence-electron chi connectivity index (χ1n) is 7.12. The molecule has 1 aliphatic rings. The molecule has 4 nitrogen and oxygen atoms in total. The second kappa shape index (κ2) is 6.34. The van der Waals surface area contributed by atoms with Gasteiger partial charge in [0, 0.05) is 15.2 Å². The maximum atomic E-state index is 12.7. The molecule has 3 rings (SSSR count). The molecule has 2 aromatic carbocycles. The number of carbonyl (C=O) groups is 2. The van der Waals surface area contributed by atoms with Gasteiger partial charge >= 0.3 is 6.03 Å². The van der Waals surface area contributed by atoms with Crippen LogP contribution in [0.4, 0.5) is 10.5 Å². The van der Waals surface area contributed by atoms with Gasteiger partial charge in [0.2, 0.25) is 0 Å². The van der Waals surface area contributed by atoms with Crippen molar-refractivity contribution >= 4 is 45.2 Å². The smallest absolute Gasteiger partial charge is 0.282 e. The van der Waals surface area contributed by atoms with E-state index in [0.29, 0.717) is 10.7 Å². The number of nitrogens with zero attached hydrogens (tertiary/aromatic N) is 2. The van der Waals surface area contributed by atoms with Crippen molar-refractivity contribution in [2.75, 3.05) is 4.90 Å². The summed E-state index contributed by atoms with van der Waals surface area (Å²) in [5, 5.41) is 0.589. The fourth-order valence-electron chi connectivity index (χ4n) is 2.58. The van der Waals surface area contributed by atoms with E-state index in [1.807, 2.05) is 24.3 Å². The first-order chi connectivity index (χ1) is 11.0. The Morgan fingerprint density at radius 2 is 1.65 bits per heavy atom. The molecule has 1 unspecified atom stereocenters. The van der Waals surface area contributed by atoms with Crippen molar-refractivity contribution in [3.05, 3.63) is 63.6 Å². The van der Waals surface area contributed by atoms with Crippen LogP contribution in [0.2, 0.25) is 5.02 Å². The minimum absolute atomic E-state index is 0.201. The summed E-state index contributed by atoms with van der Waals surface area (Å²) in [5.41, 5.74) is 1.57. The van der Waals surface area contributed by atoms with Crippen molar-refractivity contribution in [3.8, 4) is 0 Å². The minimum Gasteiger partial charge on any atom is -0.282 e. The Kier molecular flexibility index (Phi) is 4.41. The highest BCUT2D eigenvalue weighted by Gasteiger charge is 2.43. The molecule has 23 heavy (non-hydrogen) atoms. The van der Waals surface area contributed by atoms with Crippen LogP contribution in [0, 0.1) is 0 Å². The molecule has 1 saturated heterocycles. The standard InChI is InChI=1S/C17H14BrClN2O2/c1-11-16(22)20(10-12-2-4-13(18)5-3-12)17(23)21(11)15-8-6-14(19)7-9-15/h2-9,11H,10H2,1H3. The van der Waals surface area contributed by atoms with Crippen molar-refractivity contribution in [1.29, 1.82) is 0 Å². The van der Waals surface area contributed by atoms with Gasteiger partial charge in [-0.15, -0.1) is 0 Å². The van der Waals surface area contributed by atoms with E-state index in [1.165, 1.54) is 9.80 Å². The number of halogens is 2. The summed E-state index contributed by atoms with van der Waals surface area (Å²) in [4.78, 5) is 27.9. The van der Waals surface area contributed by atoms with E-state index in [1.54, 1.807) is 31.2 Å². The highest BCUT2D eigenvalue weighted by atomic mass is 79.9. The zero-order valence-corrected chi connectivity index (χ0v) is 14.7. The molecular weight excluding hydrogens is 380 g/mol. The zero-order valence-electron chi connectivity index (χ0n) is 12.4. The first kappa shape index (κ1) is 16.0. The number of hydrogen-bond acceptors (Lipinski definition) is 2. The van der Waals surface area contributed by atoms with E-state index >= 15 is 0 Å². The Morgan fingerprint density at radius 3 is 2.26 bits per heavy atom. The lowest BCUT2D eigenvalue weighted by Gasteiger charge is -2.19. The summed E-state index contributed by atoms with van der Waals surface area (Å²) in [6, 6.07) is 13.6. The third-order valence-corrected chi connectivity index (χ3v) is 4.59. The molecule has 0 bridgehead atoms. The molecule has 0 radical (unpaired) electrons. The third-order valence-electron chi connectivity index (χ3n) is 3.81. The molecule has 2 aromatic rings. The summed E-state index contributed by atoms with van der Waals surface area (Å²) in [6.45, 7) is 2.00. The quantitative estimate of drug-likeness (QED) is 0.722. The lowest BCUT2D eigenvalue weighted by molar-refractivity contribution is -0.127. The largest absolute Gasteiger partial charge is 0.332 e. The number of rotatable bonds is 3. The highest BCUT2D eigenvalue weighted by molar-refractivity contribution is 9.10. The molecule has 1 heterocycles. The topological polar surface area (TPSA) is 40.6 Å². The van der Waals surface area contributed by atoms with E-state index in [4.69, 9.17) is 11.6 Å². The van der Waals surface area contributed by atoms with Crippen LogP contribution >= 0.6 is 27.5 Å². The number of urea groups is 1. The van der Waals surface area contributed by atoms with Gasteiger partial charge in [0.1, 0.15) is 6.04 Å². The Bertz CT molecular complexity index is 746. The highest BCUT2D eigenvalue weighted by Crippen LogP contribution is 2.28. The second-order valence-corrected chi connectivity index (χ2v) is 6.71. The fourth-order valence-corrected chi connectivity index (χ4v) is 2.97.